The van der Waals surface area contributed by atoms with Gasteiger partial charge < -0.3 is 19.9 Å². The van der Waals surface area contributed by atoms with Crippen LogP contribution in [0.2, 0.25) is 0 Å². The first kappa shape index (κ1) is 28.1. The minimum Gasteiger partial charge on any atom is -0.476 e. The molecule has 3 N–H and O–H groups in total. The van der Waals surface area contributed by atoms with Crippen molar-refractivity contribution in [3.05, 3.63) is 90.3 Å². The largest absolute Gasteiger partial charge is 0.476 e. The second-order valence-electron chi connectivity index (χ2n) is 12.2. The van der Waals surface area contributed by atoms with Crippen LogP contribution in [0.3, 0.4) is 0 Å². The van der Waals surface area contributed by atoms with Crippen molar-refractivity contribution in [1.82, 2.24) is 24.8 Å². The third-order valence-corrected chi connectivity index (χ3v) is 8.69. The first-order valence-corrected chi connectivity index (χ1v) is 15.4. The summed E-state index contributed by atoms with van der Waals surface area (Å²) in [6.45, 7) is 7.48. The summed E-state index contributed by atoms with van der Waals surface area (Å²) in [5.41, 5.74) is 4.51. The maximum Gasteiger partial charge on any atom is 0.324 e. The van der Waals surface area contributed by atoms with Crippen molar-refractivity contribution in [3.8, 4) is 17.1 Å². The molecule has 2 aromatic carbocycles. The van der Waals surface area contributed by atoms with Crippen molar-refractivity contribution in [1.29, 1.82) is 0 Å². The molecule has 0 bridgehead atoms. The third-order valence-electron chi connectivity index (χ3n) is 7.73. The molecule has 6 aromatic rings. The van der Waals surface area contributed by atoms with Gasteiger partial charge in [-0.25, -0.2) is 14.8 Å². The lowest BCUT2D eigenvalue weighted by atomic mass is 9.93. The summed E-state index contributed by atoms with van der Waals surface area (Å²) in [6.07, 6.45) is 4.21. The van der Waals surface area contributed by atoms with Crippen LogP contribution in [0, 0.1) is 0 Å². The second-order valence-corrected chi connectivity index (χ2v) is 13.2. The van der Waals surface area contributed by atoms with Gasteiger partial charge in [0.1, 0.15) is 17.2 Å². The van der Waals surface area contributed by atoms with E-state index in [4.69, 9.17) is 19.2 Å². The van der Waals surface area contributed by atoms with E-state index in [1.165, 1.54) is 16.9 Å². The number of aromatic nitrogens is 4. The van der Waals surface area contributed by atoms with Gasteiger partial charge in [0.25, 0.3) is 0 Å². The fourth-order valence-electron chi connectivity index (χ4n) is 4.90. The zero-order chi connectivity index (χ0) is 30.3. The van der Waals surface area contributed by atoms with Crippen molar-refractivity contribution in [2.75, 3.05) is 17.2 Å². The van der Waals surface area contributed by atoms with E-state index in [9.17, 15) is 4.79 Å². The van der Waals surface area contributed by atoms with Gasteiger partial charge in [-0.3, -0.25) is 9.72 Å². The maximum atomic E-state index is 12.5. The highest BCUT2D eigenvalue weighted by Crippen LogP contribution is 2.37. The zero-order valence-electron chi connectivity index (χ0n) is 24.8. The molecule has 0 unspecified atom stereocenters. The topological polar surface area (TPSA) is 119 Å². The Morgan fingerprint density at radius 3 is 2.55 bits per heavy atom. The molecule has 10 nitrogen and oxygen atoms in total. The number of urea groups is 1. The Balaban J connectivity index is 0.974. The molecule has 0 aliphatic heterocycles. The van der Waals surface area contributed by atoms with Gasteiger partial charge in [0.05, 0.1) is 16.7 Å². The number of nitrogens with one attached hydrogen (secondary N) is 3. The minimum absolute atomic E-state index is 0.0213. The molecular formula is C33H33N7O3S. The highest BCUT2D eigenvalue weighted by Gasteiger charge is 2.43. The SMILES string of the molecule is CC(C)(C)c1cc(NC(=O)Nc2ccc(-c3cn4c(n3)sc3nc(OCC5(NCc6ccccc6)CC5)ccc34)cc2)no1. The van der Waals surface area contributed by atoms with Crippen LogP contribution in [-0.4, -0.2) is 37.7 Å². The molecule has 4 aromatic heterocycles. The number of amides is 2. The number of pyridine rings is 1. The van der Waals surface area contributed by atoms with Crippen LogP contribution < -0.4 is 20.7 Å². The summed E-state index contributed by atoms with van der Waals surface area (Å²) in [5.74, 6) is 1.69. The summed E-state index contributed by atoms with van der Waals surface area (Å²) in [4.78, 5) is 23.8. The number of fused-ring (bicyclic) bond motifs is 3. The van der Waals surface area contributed by atoms with Gasteiger partial charge in [0.2, 0.25) is 5.88 Å². The van der Waals surface area contributed by atoms with E-state index in [2.05, 4.69) is 49.8 Å². The average Bonchev–Trinajstić information content (AvgIpc) is 3.28. The van der Waals surface area contributed by atoms with Gasteiger partial charge in [-0.2, -0.15) is 0 Å². The average molecular weight is 608 g/mol. The lowest BCUT2D eigenvalue weighted by Gasteiger charge is -2.18. The molecule has 2 amide bonds. The molecule has 1 aliphatic rings. The van der Waals surface area contributed by atoms with Crippen molar-refractivity contribution >= 4 is 44.2 Å². The Morgan fingerprint density at radius 1 is 1.02 bits per heavy atom. The molecule has 0 saturated heterocycles. The van der Waals surface area contributed by atoms with Crippen LogP contribution in [0.1, 0.15) is 44.9 Å². The number of nitrogens with zero attached hydrogens (tertiary/aromatic N) is 4. The van der Waals surface area contributed by atoms with E-state index in [1.807, 2.05) is 69.4 Å². The Morgan fingerprint density at radius 2 is 1.82 bits per heavy atom. The summed E-state index contributed by atoms with van der Waals surface area (Å²) in [5, 5.41) is 13.1. The summed E-state index contributed by atoms with van der Waals surface area (Å²) in [6, 6.07) is 23.3. The summed E-state index contributed by atoms with van der Waals surface area (Å²) < 4.78 is 13.5. The van der Waals surface area contributed by atoms with Crippen molar-refractivity contribution in [2.45, 2.75) is 51.1 Å². The summed E-state index contributed by atoms with van der Waals surface area (Å²) >= 11 is 1.53. The molecule has 0 radical (unpaired) electrons. The van der Waals surface area contributed by atoms with Crippen LogP contribution in [0.5, 0.6) is 5.88 Å². The quantitative estimate of drug-likeness (QED) is 0.159. The van der Waals surface area contributed by atoms with E-state index < -0.39 is 6.03 Å². The standard InChI is InChI=1S/C33H33N7O3S/c1-32(2,3)26-17-27(39-43-26)37-30(41)35-23-11-9-22(10-12-23)24-19-40-25-13-14-28(38-29(25)44-31(40)36-24)42-20-33(15-16-33)34-18-21-7-5-4-6-8-21/h4-14,17,19,34H,15-16,18,20H2,1-3H3,(H2,35,37,39,41). The molecule has 1 fully saturated rings. The number of rotatable bonds is 9. The second kappa shape index (κ2) is 11.1. The van der Waals surface area contributed by atoms with Gasteiger partial charge in [-0.1, -0.05) is 79.7 Å². The van der Waals surface area contributed by atoms with Gasteiger partial charge in [0.15, 0.2) is 10.8 Å². The normalized spacial score (nSPS) is 14.2. The van der Waals surface area contributed by atoms with Gasteiger partial charge >= 0.3 is 6.03 Å². The van der Waals surface area contributed by atoms with Gasteiger partial charge in [-0.15, -0.1) is 0 Å². The van der Waals surface area contributed by atoms with Crippen LogP contribution in [0.15, 0.2) is 83.5 Å². The molecule has 44 heavy (non-hydrogen) atoms. The maximum absolute atomic E-state index is 12.5. The lowest BCUT2D eigenvalue weighted by molar-refractivity contribution is 0.243. The third kappa shape index (κ3) is 6.01. The Labute approximate surface area is 258 Å². The zero-order valence-corrected chi connectivity index (χ0v) is 25.6. The van der Waals surface area contributed by atoms with Crippen LogP contribution >= 0.6 is 11.3 Å². The highest BCUT2D eigenvalue weighted by atomic mass is 32.1. The number of carbonyl (C=O) groups is 1. The molecule has 0 atom stereocenters. The molecular weight excluding hydrogens is 574 g/mol. The molecule has 1 saturated carbocycles. The summed E-state index contributed by atoms with van der Waals surface area (Å²) in [7, 11) is 0. The predicted octanol–water partition coefficient (Wildman–Crippen LogP) is 7.24. The monoisotopic (exact) mass is 607 g/mol. The molecule has 7 rings (SSSR count). The van der Waals surface area contributed by atoms with E-state index in [1.54, 1.807) is 6.07 Å². The fourth-order valence-corrected chi connectivity index (χ4v) is 5.87. The van der Waals surface area contributed by atoms with Crippen molar-refractivity contribution < 1.29 is 14.1 Å². The molecule has 4 heterocycles. The molecule has 224 valence electrons. The lowest BCUT2D eigenvalue weighted by Crippen LogP contribution is -2.36. The number of imidazole rings is 1. The molecule has 0 spiro atoms. The van der Waals surface area contributed by atoms with Crippen molar-refractivity contribution in [2.24, 2.45) is 0 Å². The minimum atomic E-state index is -0.396. The Kier molecular flexibility index (Phi) is 7.06. The van der Waals surface area contributed by atoms with E-state index in [0.29, 0.717) is 29.8 Å². The van der Waals surface area contributed by atoms with Crippen LogP contribution in [0.4, 0.5) is 16.3 Å². The number of thiazole rings is 1. The number of carbonyl (C=O) groups excluding carboxylic acids is 1. The highest BCUT2D eigenvalue weighted by molar-refractivity contribution is 7.23. The van der Waals surface area contributed by atoms with E-state index in [0.717, 1.165) is 46.0 Å². The first-order valence-electron chi connectivity index (χ1n) is 14.6. The van der Waals surface area contributed by atoms with Crippen LogP contribution in [-0.2, 0) is 12.0 Å². The number of hydrogen-bond donors (Lipinski definition) is 3. The number of ether oxygens (including phenoxy) is 1. The van der Waals surface area contributed by atoms with E-state index in [-0.39, 0.29) is 11.0 Å². The number of anilines is 2. The predicted molar refractivity (Wildman–Crippen MR) is 172 cm³/mol. The Hall–Kier alpha value is -4.74. The fraction of sp³-hybridized carbons (Fsp3) is 0.273. The smallest absolute Gasteiger partial charge is 0.324 e. The van der Waals surface area contributed by atoms with Crippen molar-refractivity contribution in [3.63, 3.8) is 0 Å². The number of benzene rings is 2. The first-order chi connectivity index (χ1) is 21.2. The molecule has 11 heteroatoms. The van der Waals surface area contributed by atoms with Gasteiger partial charge in [0, 0.05) is 41.5 Å². The van der Waals surface area contributed by atoms with Gasteiger partial charge in [-0.05, 0) is 36.6 Å². The molecule has 1 aliphatic carbocycles. The Bertz CT molecular complexity index is 1930. The van der Waals surface area contributed by atoms with E-state index >= 15 is 0 Å². The van der Waals surface area contributed by atoms with Crippen LogP contribution in [0.25, 0.3) is 26.6 Å². The number of hydrogen-bond acceptors (Lipinski definition) is 8.